The van der Waals surface area contributed by atoms with Crippen LogP contribution >= 0.6 is 8.19 Å². The molecule has 0 N–H and O–H groups in total. The molecule has 0 unspecified atom stereocenters. The van der Waals surface area contributed by atoms with Crippen LogP contribution in [-0.4, -0.2) is 9.78 Å². The molecule has 3 heteroatoms. The first-order chi connectivity index (χ1) is 6.27. The lowest BCUT2D eigenvalue weighted by molar-refractivity contribution is 0.834. The molecule has 1 aromatic carbocycles. The molecule has 0 aliphatic carbocycles. The summed E-state index contributed by atoms with van der Waals surface area (Å²) in [5.74, 6) is 0. The Hall–Kier alpha value is -1.14. The number of rotatable bonds is 1. The Kier molecular flexibility index (Phi) is 2.15. The van der Waals surface area contributed by atoms with Gasteiger partial charge in [-0.1, -0.05) is 18.2 Å². The van der Waals surface area contributed by atoms with Gasteiger partial charge in [0.05, 0.1) is 16.5 Å². The van der Waals surface area contributed by atoms with Gasteiger partial charge in [-0.2, -0.15) is 5.10 Å². The highest BCUT2D eigenvalue weighted by molar-refractivity contribution is 7.31. The van der Waals surface area contributed by atoms with Crippen molar-refractivity contribution in [3.8, 4) is 5.69 Å². The van der Waals surface area contributed by atoms with Gasteiger partial charge in [0.1, 0.15) is 0 Å². The molecule has 0 aliphatic heterocycles. The number of aromatic nitrogens is 2. The third kappa shape index (κ3) is 1.63. The van der Waals surface area contributed by atoms with Crippen LogP contribution in [0.25, 0.3) is 5.69 Å². The van der Waals surface area contributed by atoms with Gasteiger partial charge in [0.2, 0.25) is 0 Å². The summed E-state index contributed by atoms with van der Waals surface area (Å²) >= 11 is 0. The second kappa shape index (κ2) is 3.31. The smallest absolute Gasteiger partial charge is 0.0868 e. The fourth-order valence-electron chi connectivity index (χ4n) is 1.33. The number of nitrogens with zero attached hydrogens (tertiary/aromatic N) is 2. The highest BCUT2D eigenvalue weighted by Crippen LogP contribution is 2.20. The predicted molar refractivity (Wildman–Crippen MR) is 55.6 cm³/mol. The summed E-state index contributed by atoms with van der Waals surface area (Å²) in [7, 11) is 1.24. The quantitative estimate of drug-likeness (QED) is 0.675. The van der Waals surface area contributed by atoms with Crippen molar-refractivity contribution in [2.45, 2.75) is 13.8 Å². The molecule has 2 rings (SSSR count). The van der Waals surface area contributed by atoms with Crippen LogP contribution in [-0.2, 0) is 0 Å². The summed E-state index contributed by atoms with van der Waals surface area (Å²) in [5.41, 5.74) is 3.56. The first-order valence-corrected chi connectivity index (χ1v) is 5.12. The minimum absolute atomic E-state index is 1.14. The van der Waals surface area contributed by atoms with Crippen LogP contribution in [0.5, 0.6) is 0 Å². The van der Waals surface area contributed by atoms with E-state index >= 15 is 0 Å². The van der Waals surface area contributed by atoms with Gasteiger partial charge in [-0.3, -0.25) is 0 Å². The van der Waals surface area contributed by atoms with Gasteiger partial charge in [0, 0.05) is 0 Å². The molecule has 0 spiro atoms. The van der Waals surface area contributed by atoms with Gasteiger partial charge >= 0.3 is 0 Å². The molecular weight excluding hydrogens is 179 g/mol. The van der Waals surface area contributed by atoms with E-state index in [1.807, 2.05) is 29.8 Å². The van der Waals surface area contributed by atoms with E-state index in [2.05, 4.69) is 24.2 Å². The van der Waals surface area contributed by atoms with Gasteiger partial charge in [-0.15, -0.1) is 0 Å². The Balaban J connectivity index is 2.53. The van der Waals surface area contributed by atoms with E-state index in [1.54, 1.807) is 0 Å². The first-order valence-electron chi connectivity index (χ1n) is 4.23. The van der Waals surface area contributed by atoms with Crippen molar-refractivity contribution in [2.24, 2.45) is 0 Å². The van der Waals surface area contributed by atoms with E-state index in [1.165, 1.54) is 13.6 Å². The molecule has 1 heterocycles. The molecule has 0 radical (unpaired) electrons. The minimum Gasteiger partial charge on any atom is -0.233 e. The Morgan fingerprint density at radius 1 is 1.15 bits per heavy atom. The van der Waals surface area contributed by atoms with Crippen LogP contribution in [0.3, 0.4) is 0 Å². The standard InChI is InChI=1S/C10H11N2P/c1-8-11-12(9(2)13-8)10-6-4-3-5-7-10/h3-7H,1-2H3. The van der Waals surface area contributed by atoms with Gasteiger partial charge in [0.25, 0.3) is 0 Å². The predicted octanol–water partition coefficient (Wildman–Crippen LogP) is 3.07. The molecule has 0 bridgehead atoms. The van der Waals surface area contributed by atoms with Crippen molar-refractivity contribution >= 4 is 8.19 Å². The molecule has 13 heavy (non-hydrogen) atoms. The summed E-state index contributed by atoms with van der Waals surface area (Å²) in [5, 5.41) is 4.44. The van der Waals surface area contributed by atoms with Crippen LogP contribution < -0.4 is 0 Å². The van der Waals surface area contributed by atoms with E-state index in [4.69, 9.17) is 0 Å². The number of para-hydroxylation sites is 1. The highest BCUT2D eigenvalue weighted by Gasteiger charge is 2.02. The highest BCUT2D eigenvalue weighted by atomic mass is 31.0. The third-order valence-electron chi connectivity index (χ3n) is 1.88. The van der Waals surface area contributed by atoms with Crippen LogP contribution in [0.2, 0.25) is 0 Å². The van der Waals surface area contributed by atoms with E-state index in [0.717, 1.165) is 11.1 Å². The molecule has 0 aliphatic rings. The Morgan fingerprint density at radius 3 is 2.38 bits per heavy atom. The Bertz CT molecular complexity index is 406. The first kappa shape index (κ1) is 8.46. The van der Waals surface area contributed by atoms with Crippen molar-refractivity contribution in [1.29, 1.82) is 0 Å². The fourth-order valence-corrected chi connectivity index (χ4v) is 2.19. The van der Waals surface area contributed by atoms with E-state index in [0.29, 0.717) is 0 Å². The number of aryl methyl sites for hydroxylation is 2. The molecule has 0 amide bonds. The lowest BCUT2D eigenvalue weighted by Gasteiger charge is -2.01. The zero-order valence-electron chi connectivity index (χ0n) is 7.73. The minimum atomic E-state index is 1.14. The van der Waals surface area contributed by atoms with Gasteiger partial charge in [-0.25, -0.2) is 4.68 Å². The average Bonchev–Trinajstić information content (AvgIpc) is 2.47. The summed E-state index contributed by atoms with van der Waals surface area (Å²) in [6.07, 6.45) is 0. The number of benzene rings is 1. The van der Waals surface area contributed by atoms with Gasteiger partial charge < -0.3 is 0 Å². The van der Waals surface area contributed by atoms with Crippen LogP contribution in [0.1, 0.15) is 10.9 Å². The molecule has 0 saturated carbocycles. The lowest BCUT2D eigenvalue weighted by Crippen LogP contribution is -1.97. The van der Waals surface area contributed by atoms with E-state index < -0.39 is 0 Å². The molecule has 0 saturated heterocycles. The average molecular weight is 190 g/mol. The van der Waals surface area contributed by atoms with Crippen molar-refractivity contribution < 1.29 is 0 Å². The summed E-state index contributed by atoms with van der Waals surface area (Å²) < 4.78 is 2.00. The second-order valence-electron chi connectivity index (χ2n) is 2.95. The van der Waals surface area contributed by atoms with Crippen molar-refractivity contribution in [3.05, 3.63) is 41.2 Å². The lowest BCUT2D eigenvalue weighted by atomic mass is 10.3. The zero-order valence-corrected chi connectivity index (χ0v) is 8.62. The molecule has 66 valence electrons. The van der Waals surface area contributed by atoms with Crippen molar-refractivity contribution in [2.75, 3.05) is 0 Å². The summed E-state index contributed by atoms with van der Waals surface area (Å²) in [6, 6.07) is 10.2. The maximum atomic E-state index is 4.44. The molecule has 0 fully saturated rings. The van der Waals surface area contributed by atoms with Crippen molar-refractivity contribution in [1.82, 2.24) is 9.78 Å². The Morgan fingerprint density at radius 2 is 1.85 bits per heavy atom. The molecule has 1 aromatic heterocycles. The van der Waals surface area contributed by atoms with E-state index in [-0.39, 0.29) is 0 Å². The van der Waals surface area contributed by atoms with Crippen LogP contribution in [0.15, 0.2) is 30.3 Å². The van der Waals surface area contributed by atoms with Gasteiger partial charge in [0.15, 0.2) is 0 Å². The second-order valence-corrected chi connectivity index (χ2v) is 4.47. The SMILES string of the molecule is Cc1nn(-c2ccccc2)c(C)p1. The molecule has 2 aromatic rings. The fraction of sp³-hybridized carbons (Fsp3) is 0.200. The number of hydrogen-bond acceptors (Lipinski definition) is 1. The van der Waals surface area contributed by atoms with Crippen molar-refractivity contribution in [3.63, 3.8) is 0 Å². The van der Waals surface area contributed by atoms with E-state index in [9.17, 15) is 0 Å². The molecule has 0 atom stereocenters. The number of hydrogen-bond donors (Lipinski definition) is 0. The monoisotopic (exact) mass is 190 g/mol. The summed E-state index contributed by atoms with van der Waals surface area (Å²) in [4.78, 5) is 0. The largest absolute Gasteiger partial charge is 0.233 e. The van der Waals surface area contributed by atoms with Crippen LogP contribution in [0, 0.1) is 13.8 Å². The Labute approximate surface area is 79.3 Å². The normalized spacial score (nSPS) is 10.9. The third-order valence-corrected chi connectivity index (χ3v) is 2.80. The molecular formula is C10H11N2P. The summed E-state index contributed by atoms with van der Waals surface area (Å²) in [6.45, 7) is 4.16. The topological polar surface area (TPSA) is 17.8 Å². The maximum absolute atomic E-state index is 4.44. The molecule has 2 nitrogen and oxygen atoms in total. The van der Waals surface area contributed by atoms with Crippen LogP contribution in [0.4, 0.5) is 0 Å². The zero-order chi connectivity index (χ0) is 9.26. The van der Waals surface area contributed by atoms with Gasteiger partial charge in [-0.05, 0) is 34.2 Å². The maximum Gasteiger partial charge on any atom is 0.0868 e.